The van der Waals surface area contributed by atoms with Gasteiger partial charge in [-0.15, -0.1) is 0 Å². The zero-order chi connectivity index (χ0) is 12.0. The van der Waals surface area contributed by atoms with E-state index < -0.39 is 10.5 Å². The lowest BCUT2D eigenvalue weighted by atomic mass is 10.3. The molecule has 0 N–H and O–H groups in total. The Morgan fingerprint density at radius 2 is 1.44 bits per heavy atom. The Balaban J connectivity index is 2.56. The van der Waals surface area contributed by atoms with Crippen LogP contribution in [0.2, 0.25) is 0 Å². The van der Waals surface area contributed by atoms with Crippen molar-refractivity contribution in [1.82, 2.24) is 0 Å². The van der Waals surface area contributed by atoms with Crippen molar-refractivity contribution in [3.63, 3.8) is 0 Å². The van der Waals surface area contributed by atoms with Crippen LogP contribution < -0.4 is 9.47 Å². The van der Waals surface area contributed by atoms with Crippen LogP contribution in [0.15, 0.2) is 24.3 Å². The first-order valence-corrected chi connectivity index (χ1v) is 5.06. The summed E-state index contributed by atoms with van der Waals surface area (Å²) in [6.07, 6.45) is 0. The molecule has 1 aromatic carbocycles. The Labute approximate surface area is 102 Å². The molecule has 0 saturated heterocycles. The highest BCUT2D eigenvalue weighted by Crippen LogP contribution is 2.19. The molecule has 16 heavy (non-hydrogen) atoms. The number of hydrogen-bond acceptors (Lipinski definition) is 4. The first-order chi connectivity index (χ1) is 7.58. The van der Waals surface area contributed by atoms with Crippen molar-refractivity contribution in [1.29, 1.82) is 0 Å². The van der Waals surface area contributed by atoms with Gasteiger partial charge in [-0.05, 0) is 35.3 Å². The van der Waals surface area contributed by atoms with Crippen LogP contribution in [0.3, 0.4) is 0 Å². The highest BCUT2D eigenvalue weighted by Gasteiger charge is 2.02. The van der Waals surface area contributed by atoms with E-state index in [9.17, 15) is 9.59 Å². The quantitative estimate of drug-likeness (QED) is 0.736. The highest BCUT2D eigenvalue weighted by atomic mass is 35.5. The van der Waals surface area contributed by atoms with Gasteiger partial charge in [0.1, 0.15) is 11.5 Å². The fourth-order valence-corrected chi connectivity index (χ4v) is 1.04. The molecular formula is C10H8Cl2O4. The second-order valence-electron chi connectivity index (χ2n) is 2.76. The zero-order valence-corrected chi connectivity index (χ0v) is 9.62. The summed E-state index contributed by atoms with van der Waals surface area (Å²) in [5.41, 5.74) is 0. The summed E-state index contributed by atoms with van der Waals surface area (Å²) >= 11 is 10.2. The number of ether oxygens (including phenoxy) is 2. The summed E-state index contributed by atoms with van der Waals surface area (Å²) < 4.78 is 10.1. The van der Waals surface area contributed by atoms with E-state index in [0.29, 0.717) is 11.5 Å². The van der Waals surface area contributed by atoms with Crippen LogP contribution in [0.4, 0.5) is 0 Å². The van der Waals surface area contributed by atoms with Crippen molar-refractivity contribution < 1.29 is 19.1 Å². The van der Waals surface area contributed by atoms with E-state index >= 15 is 0 Å². The molecule has 0 aromatic heterocycles. The first-order valence-electron chi connectivity index (χ1n) is 4.30. The van der Waals surface area contributed by atoms with Gasteiger partial charge in [-0.25, -0.2) is 0 Å². The van der Waals surface area contributed by atoms with E-state index in [-0.39, 0.29) is 13.2 Å². The monoisotopic (exact) mass is 262 g/mol. The molecule has 0 spiro atoms. The standard InChI is InChI=1S/C10H8Cl2O4/c11-9(13)5-15-7-2-1-3-8(4-7)16-6-10(12)14/h1-4H,5-6H2. The van der Waals surface area contributed by atoms with E-state index in [2.05, 4.69) is 0 Å². The van der Waals surface area contributed by atoms with Crippen LogP contribution in [0.25, 0.3) is 0 Å². The first kappa shape index (κ1) is 12.8. The molecule has 6 heteroatoms. The van der Waals surface area contributed by atoms with Gasteiger partial charge in [0.25, 0.3) is 10.5 Å². The molecular weight excluding hydrogens is 255 g/mol. The summed E-state index contributed by atoms with van der Waals surface area (Å²) in [5, 5.41) is -1.19. The number of carbonyl (C=O) groups excluding carboxylic acids is 2. The molecule has 0 radical (unpaired) electrons. The third-order valence-electron chi connectivity index (χ3n) is 1.51. The van der Waals surface area contributed by atoms with Gasteiger partial charge in [0.15, 0.2) is 13.2 Å². The molecule has 0 bridgehead atoms. The lowest BCUT2D eigenvalue weighted by molar-refractivity contribution is -0.114. The maximum atomic E-state index is 10.5. The summed E-state index contributed by atoms with van der Waals surface area (Å²) in [4.78, 5) is 20.9. The summed E-state index contributed by atoms with van der Waals surface area (Å²) in [6, 6.07) is 6.45. The predicted molar refractivity (Wildman–Crippen MR) is 59.2 cm³/mol. The van der Waals surface area contributed by atoms with Crippen LogP contribution >= 0.6 is 23.2 Å². The second-order valence-corrected chi connectivity index (χ2v) is 3.61. The van der Waals surface area contributed by atoms with Crippen molar-refractivity contribution in [2.45, 2.75) is 0 Å². The van der Waals surface area contributed by atoms with E-state index in [1.165, 1.54) is 6.07 Å². The molecule has 0 aliphatic heterocycles. The minimum absolute atomic E-state index is 0.223. The second kappa shape index (κ2) is 6.35. The lowest BCUT2D eigenvalue weighted by Gasteiger charge is -2.06. The van der Waals surface area contributed by atoms with Crippen LogP contribution in [-0.4, -0.2) is 23.7 Å². The third kappa shape index (κ3) is 5.00. The maximum absolute atomic E-state index is 10.5. The minimum Gasteiger partial charge on any atom is -0.484 e. The van der Waals surface area contributed by atoms with Gasteiger partial charge in [0.05, 0.1) is 0 Å². The summed E-state index contributed by atoms with van der Waals surface area (Å²) in [6.45, 7) is -0.446. The maximum Gasteiger partial charge on any atom is 0.259 e. The van der Waals surface area contributed by atoms with E-state index in [1.54, 1.807) is 18.2 Å². The van der Waals surface area contributed by atoms with Gasteiger partial charge in [-0.3, -0.25) is 9.59 Å². The fourth-order valence-electron chi connectivity index (χ4n) is 0.934. The van der Waals surface area contributed by atoms with E-state index in [0.717, 1.165) is 0 Å². The SMILES string of the molecule is O=C(Cl)COc1cccc(OCC(=O)Cl)c1. The Bertz CT molecular complexity index is 359. The Morgan fingerprint density at radius 3 is 1.81 bits per heavy atom. The smallest absolute Gasteiger partial charge is 0.259 e. The van der Waals surface area contributed by atoms with Crippen molar-refractivity contribution in [3.05, 3.63) is 24.3 Å². The third-order valence-corrected chi connectivity index (χ3v) is 1.73. The van der Waals surface area contributed by atoms with Gasteiger partial charge in [-0.1, -0.05) is 6.07 Å². The van der Waals surface area contributed by atoms with Crippen LogP contribution in [0.5, 0.6) is 11.5 Å². The molecule has 0 fully saturated rings. The molecule has 0 aliphatic rings. The number of carbonyl (C=O) groups is 2. The van der Waals surface area contributed by atoms with Gasteiger partial charge in [0.2, 0.25) is 0 Å². The molecule has 0 heterocycles. The van der Waals surface area contributed by atoms with Gasteiger partial charge >= 0.3 is 0 Å². The molecule has 0 amide bonds. The van der Waals surface area contributed by atoms with Crippen molar-refractivity contribution in [3.8, 4) is 11.5 Å². The average Bonchev–Trinajstić information content (AvgIpc) is 2.24. The lowest BCUT2D eigenvalue weighted by Crippen LogP contribution is -2.06. The van der Waals surface area contributed by atoms with Gasteiger partial charge in [-0.2, -0.15) is 0 Å². The van der Waals surface area contributed by atoms with Crippen molar-refractivity contribution >= 4 is 33.7 Å². The van der Waals surface area contributed by atoms with Crippen LogP contribution in [0, 0.1) is 0 Å². The largest absolute Gasteiger partial charge is 0.484 e. The van der Waals surface area contributed by atoms with Crippen molar-refractivity contribution in [2.75, 3.05) is 13.2 Å². The van der Waals surface area contributed by atoms with E-state index in [1.807, 2.05) is 0 Å². The zero-order valence-electron chi connectivity index (χ0n) is 8.11. The molecule has 0 unspecified atom stereocenters. The van der Waals surface area contributed by atoms with Gasteiger partial charge < -0.3 is 9.47 Å². The topological polar surface area (TPSA) is 52.6 Å². The van der Waals surface area contributed by atoms with Crippen molar-refractivity contribution in [2.24, 2.45) is 0 Å². The normalized spacial score (nSPS) is 9.62. The number of benzene rings is 1. The molecule has 1 aromatic rings. The van der Waals surface area contributed by atoms with Crippen LogP contribution in [-0.2, 0) is 9.59 Å². The Morgan fingerprint density at radius 1 is 1.00 bits per heavy atom. The minimum atomic E-state index is -0.595. The number of halogens is 2. The van der Waals surface area contributed by atoms with E-state index in [4.69, 9.17) is 32.7 Å². The van der Waals surface area contributed by atoms with Crippen LogP contribution in [0.1, 0.15) is 0 Å². The number of rotatable bonds is 6. The molecule has 4 nitrogen and oxygen atoms in total. The fraction of sp³-hybridized carbons (Fsp3) is 0.200. The summed E-state index contributed by atoms with van der Waals surface area (Å²) in [5.74, 6) is 0.849. The average molecular weight is 263 g/mol. The Hall–Kier alpha value is -1.26. The highest BCUT2D eigenvalue weighted by molar-refractivity contribution is 6.64. The molecule has 0 saturated carbocycles. The Kier molecular flexibility index (Phi) is 5.08. The molecule has 1 rings (SSSR count). The molecule has 86 valence electrons. The van der Waals surface area contributed by atoms with Gasteiger partial charge in [0, 0.05) is 6.07 Å². The predicted octanol–water partition coefficient (Wildman–Crippen LogP) is 1.97. The molecule has 0 aliphatic carbocycles. The summed E-state index contributed by atoms with van der Waals surface area (Å²) in [7, 11) is 0. The molecule has 0 atom stereocenters. The number of hydrogen-bond donors (Lipinski definition) is 0.